The molecule has 0 aliphatic heterocycles. The number of hydrogen-bond acceptors (Lipinski definition) is 4. The third-order valence-corrected chi connectivity index (χ3v) is 1.82. The zero-order valence-electron chi connectivity index (χ0n) is 9.13. The van der Waals surface area contributed by atoms with Gasteiger partial charge in [0.15, 0.2) is 0 Å². The van der Waals surface area contributed by atoms with E-state index in [-0.39, 0.29) is 1.43 Å². The Bertz CT molecular complexity index is 120. The summed E-state index contributed by atoms with van der Waals surface area (Å²) >= 11 is 0. The molecule has 4 heteroatoms. The van der Waals surface area contributed by atoms with Crippen molar-refractivity contribution in [2.24, 2.45) is 0 Å². The summed E-state index contributed by atoms with van der Waals surface area (Å²) in [6.07, 6.45) is 1.22. The Balaban J connectivity index is 0. The van der Waals surface area contributed by atoms with Gasteiger partial charge >= 0.3 is 1.43 Å². The van der Waals surface area contributed by atoms with Crippen molar-refractivity contribution < 1.29 is 21.7 Å². The monoisotopic (exact) mass is 179 g/mol. The topological polar surface area (TPSA) is 58.9 Å². The largest absolute Gasteiger partial charge is 1.00 e. The van der Waals surface area contributed by atoms with Crippen molar-refractivity contribution >= 4 is 0 Å². The molecule has 4 nitrogen and oxygen atoms in total. The van der Waals surface area contributed by atoms with E-state index < -0.39 is 11.2 Å². The van der Waals surface area contributed by atoms with E-state index in [2.05, 4.69) is 9.78 Å². The average molecular weight is 179 g/mol. The van der Waals surface area contributed by atoms with Gasteiger partial charge in [-0.2, -0.15) is 0 Å². The van der Waals surface area contributed by atoms with E-state index in [4.69, 9.17) is 10.5 Å². The van der Waals surface area contributed by atoms with E-state index in [9.17, 15) is 0 Å². The fraction of sp³-hybridized carbons (Fsp3) is 1.00. The second kappa shape index (κ2) is 4.18. The van der Waals surface area contributed by atoms with Crippen LogP contribution in [0.1, 0.15) is 42.0 Å². The van der Waals surface area contributed by atoms with Gasteiger partial charge in [0.1, 0.15) is 0 Å². The predicted molar refractivity (Wildman–Crippen MR) is 45.9 cm³/mol. The lowest BCUT2D eigenvalue weighted by atomic mass is 9.94. The van der Waals surface area contributed by atoms with E-state index in [0.29, 0.717) is 12.8 Å². The molecule has 0 saturated carbocycles. The molecule has 0 atom stereocenters. The van der Waals surface area contributed by atoms with Crippen LogP contribution in [0.2, 0.25) is 0 Å². The molecule has 0 rings (SSSR count). The van der Waals surface area contributed by atoms with Crippen LogP contribution in [0, 0.1) is 0 Å². The van der Waals surface area contributed by atoms with Crippen molar-refractivity contribution in [2.75, 3.05) is 0 Å². The van der Waals surface area contributed by atoms with Gasteiger partial charge in [0, 0.05) is 0 Å². The van der Waals surface area contributed by atoms with Crippen molar-refractivity contribution in [3.8, 4) is 0 Å². The Morgan fingerprint density at radius 3 is 1.33 bits per heavy atom. The van der Waals surface area contributed by atoms with Crippen LogP contribution in [0.3, 0.4) is 0 Å². The zero-order chi connectivity index (χ0) is 9.83. The molecule has 0 saturated heterocycles. The third-order valence-electron chi connectivity index (χ3n) is 1.82. The maximum Gasteiger partial charge on any atom is 1.00 e. The first-order chi connectivity index (χ1) is 5.33. The number of rotatable bonds is 5. The van der Waals surface area contributed by atoms with Crippen LogP contribution in [0.15, 0.2) is 0 Å². The van der Waals surface area contributed by atoms with E-state index in [1.54, 1.807) is 27.7 Å². The van der Waals surface area contributed by atoms with Crippen molar-refractivity contribution in [1.82, 2.24) is 0 Å². The lowest BCUT2D eigenvalue weighted by Gasteiger charge is -2.26. The molecule has 0 unspecified atom stereocenters. The summed E-state index contributed by atoms with van der Waals surface area (Å²) < 4.78 is 0. The molecule has 0 spiro atoms. The molecule has 12 heavy (non-hydrogen) atoms. The summed E-state index contributed by atoms with van der Waals surface area (Å²) in [6, 6.07) is 0. The van der Waals surface area contributed by atoms with Gasteiger partial charge in [-0.3, -0.25) is 10.5 Å². The van der Waals surface area contributed by atoms with E-state index >= 15 is 0 Å². The van der Waals surface area contributed by atoms with Gasteiger partial charge in [-0.1, -0.05) is 0 Å². The molecular weight excluding hydrogens is 160 g/mol. The smallest absolute Gasteiger partial charge is 0.251 e. The molecule has 0 aliphatic carbocycles. The fourth-order valence-corrected chi connectivity index (χ4v) is 0.693. The van der Waals surface area contributed by atoms with Gasteiger partial charge < -0.3 is 0 Å². The summed E-state index contributed by atoms with van der Waals surface area (Å²) in [5, 5.41) is 16.9. The van der Waals surface area contributed by atoms with Crippen molar-refractivity contribution in [3.63, 3.8) is 0 Å². The molecule has 0 heterocycles. The first-order valence-electron chi connectivity index (χ1n) is 3.98. The Morgan fingerprint density at radius 2 is 1.17 bits per heavy atom. The van der Waals surface area contributed by atoms with Crippen molar-refractivity contribution in [2.45, 2.75) is 51.7 Å². The van der Waals surface area contributed by atoms with Gasteiger partial charge in [-0.05, 0) is 40.5 Å². The molecule has 0 aromatic heterocycles. The first-order valence-corrected chi connectivity index (χ1v) is 3.98. The molecule has 0 bridgehead atoms. The normalized spacial score (nSPS) is 13.5. The summed E-state index contributed by atoms with van der Waals surface area (Å²) in [5.74, 6) is 0. The Labute approximate surface area is 74.5 Å². The quantitative estimate of drug-likeness (QED) is 0.502. The highest BCUT2D eigenvalue weighted by molar-refractivity contribution is 4.74. The Morgan fingerprint density at radius 1 is 0.917 bits per heavy atom. The molecule has 0 radical (unpaired) electrons. The van der Waals surface area contributed by atoms with Gasteiger partial charge in [0.05, 0.1) is 11.2 Å². The van der Waals surface area contributed by atoms with Crippen LogP contribution in [0.25, 0.3) is 0 Å². The second-order valence-electron chi connectivity index (χ2n) is 4.20. The standard InChI is InChI=1S/C8H18O4/c1-7(2,11-9)5-6-8(3,4)12-10/h9-10H,5-6H2,1-4H3/p+1. The van der Waals surface area contributed by atoms with Crippen LogP contribution < -0.4 is 0 Å². The predicted octanol–water partition coefficient (Wildman–Crippen LogP) is 2.42. The van der Waals surface area contributed by atoms with Crippen molar-refractivity contribution in [3.05, 3.63) is 0 Å². The van der Waals surface area contributed by atoms with Gasteiger partial charge in [0.2, 0.25) is 0 Å². The molecule has 0 aromatic rings. The van der Waals surface area contributed by atoms with Gasteiger partial charge in [-0.25, -0.2) is 9.78 Å². The molecule has 2 N–H and O–H groups in total. The first kappa shape index (κ1) is 11.8. The minimum Gasteiger partial charge on any atom is -0.251 e. The molecule has 0 amide bonds. The maximum absolute atomic E-state index is 8.46. The van der Waals surface area contributed by atoms with Crippen LogP contribution in [0.4, 0.5) is 0 Å². The minimum atomic E-state index is -0.587. The lowest BCUT2D eigenvalue weighted by molar-refractivity contribution is -0.331. The second-order valence-corrected chi connectivity index (χ2v) is 4.20. The fourth-order valence-electron chi connectivity index (χ4n) is 0.693. The molecule has 0 fully saturated rings. The van der Waals surface area contributed by atoms with Crippen LogP contribution in [0.5, 0.6) is 0 Å². The van der Waals surface area contributed by atoms with E-state index in [1.165, 1.54) is 0 Å². The average Bonchev–Trinajstić information content (AvgIpc) is 2.02. The van der Waals surface area contributed by atoms with Crippen LogP contribution in [-0.2, 0) is 9.78 Å². The summed E-state index contributed by atoms with van der Waals surface area (Å²) in [4.78, 5) is 8.48. The van der Waals surface area contributed by atoms with Gasteiger partial charge in [0.25, 0.3) is 0 Å². The zero-order valence-corrected chi connectivity index (χ0v) is 8.13. The maximum atomic E-state index is 8.46. The van der Waals surface area contributed by atoms with Crippen LogP contribution >= 0.6 is 0 Å². The molecular formula is C8H19O4+. The van der Waals surface area contributed by atoms with E-state index in [0.717, 1.165) is 0 Å². The van der Waals surface area contributed by atoms with Gasteiger partial charge in [-0.15, -0.1) is 0 Å². The number of hydrogen-bond donors (Lipinski definition) is 2. The molecule has 74 valence electrons. The summed E-state index contributed by atoms with van der Waals surface area (Å²) in [7, 11) is 0. The molecule has 0 aromatic carbocycles. The molecule has 0 aliphatic rings. The summed E-state index contributed by atoms with van der Waals surface area (Å²) in [6.45, 7) is 7.06. The minimum absolute atomic E-state index is 0. The Hall–Kier alpha value is -0.160. The van der Waals surface area contributed by atoms with E-state index in [1.807, 2.05) is 0 Å². The van der Waals surface area contributed by atoms with Crippen LogP contribution in [-0.4, -0.2) is 21.7 Å². The van der Waals surface area contributed by atoms with Crippen molar-refractivity contribution in [1.29, 1.82) is 0 Å². The lowest BCUT2D eigenvalue weighted by Crippen LogP contribution is -2.30. The highest BCUT2D eigenvalue weighted by Crippen LogP contribution is 2.23. The third kappa shape index (κ3) is 4.66. The summed E-state index contributed by atoms with van der Waals surface area (Å²) in [5.41, 5.74) is -1.17. The SMILES string of the molecule is CC(C)(CCC(C)(C)OO)OO.[H+]. The Kier molecular flexibility index (Phi) is 4.13. The highest BCUT2D eigenvalue weighted by atomic mass is 17.1. The highest BCUT2D eigenvalue weighted by Gasteiger charge is 2.25.